The number of hydrogen-bond donors (Lipinski definition) is 1. The van der Waals surface area contributed by atoms with Gasteiger partial charge >= 0.3 is 0 Å². The lowest BCUT2D eigenvalue weighted by Gasteiger charge is -2.26. The molecule has 6 heteroatoms. The summed E-state index contributed by atoms with van der Waals surface area (Å²) in [5.74, 6) is 1.14. The fourth-order valence-corrected chi connectivity index (χ4v) is 4.44. The van der Waals surface area contributed by atoms with Crippen LogP contribution in [0.4, 0.5) is 5.69 Å². The first-order chi connectivity index (χ1) is 8.91. The zero-order valence-electron chi connectivity index (χ0n) is 11.5. The minimum Gasteiger partial charge on any atom is -0.497 e. The van der Waals surface area contributed by atoms with E-state index in [1.807, 2.05) is 43.3 Å². The molecule has 2 rings (SSSR count). The number of nitrogens with zero attached hydrogens (tertiary/aromatic N) is 1. The number of sulfone groups is 1. The van der Waals surface area contributed by atoms with Crippen LogP contribution in [0, 0.1) is 0 Å². The summed E-state index contributed by atoms with van der Waals surface area (Å²) in [6.45, 7) is 0. The fourth-order valence-electron chi connectivity index (χ4n) is 2.40. The van der Waals surface area contributed by atoms with Gasteiger partial charge < -0.3 is 15.0 Å². The summed E-state index contributed by atoms with van der Waals surface area (Å²) in [6.07, 6.45) is 0. The molecule has 0 spiro atoms. The van der Waals surface area contributed by atoms with Crippen LogP contribution in [0.3, 0.4) is 0 Å². The number of benzene rings is 1. The lowest BCUT2D eigenvalue weighted by molar-refractivity contribution is 0.304. The Balaban J connectivity index is 2.16. The molecule has 0 radical (unpaired) electrons. The third-order valence-corrected chi connectivity index (χ3v) is 5.12. The summed E-state index contributed by atoms with van der Waals surface area (Å²) in [4.78, 5) is 1.96. The second kappa shape index (κ2) is 5.38. The molecule has 1 N–H and O–H groups in total. The average Bonchev–Trinajstić information content (AvgIpc) is 2.65. The molecular formula is C13H20N2O3S. The molecular weight excluding hydrogens is 264 g/mol. The fraction of sp³-hybridized carbons (Fsp3) is 0.538. The molecule has 1 aromatic carbocycles. The van der Waals surface area contributed by atoms with E-state index in [0.29, 0.717) is 0 Å². The molecule has 1 fully saturated rings. The molecule has 106 valence electrons. The SMILES string of the molecule is COc1cccc(NC2CS(=O)(=O)CC2N(C)C)c1. The van der Waals surface area contributed by atoms with Crippen LogP contribution in [0.5, 0.6) is 5.75 Å². The normalized spacial score (nSPS) is 25.5. The number of hydrogen-bond acceptors (Lipinski definition) is 5. The lowest BCUT2D eigenvalue weighted by atomic mass is 10.1. The highest BCUT2D eigenvalue weighted by Crippen LogP contribution is 2.23. The van der Waals surface area contributed by atoms with Gasteiger partial charge in [0.2, 0.25) is 0 Å². The van der Waals surface area contributed by atoms with Crippen LogP contribution in [0.2, 0.25) is 0 Å². The van der Waals surface area contributed by atoms with Crippen molar-refractivity contribution >= 4 is 15.5 Å². The van der Waals surface area contributed by atoms with Crippen molar-refractivity contribution in [3.05, 3.63) is 24.3 Å². The van der Waals surface area contributed by atoms with E-state index in [2.05, 4.69) is 5.32 Å². The molecule has 0 saturated carbocycles. The smallest absolute Gasteiger partial charge is 0.153 e. The highest BCUT2D eigenvalue weighted by Gasteiger charge is 2.38. The van der Waals surface area contributed by atoms with E-state index in [1.165, 1.54) is 0 Å². The quantitative estimate of drug-likeness (QED) is 0.887. The van der Waals surface area contributed by atoms with Crippen LogP contribution in [0.25, 0.3) is 0 Å². The molecule has 1 aromatic rings. The first kappa shape index (κ1) is 14.1. The molecule has 1 saturated heterocycles. The third-order valence-electron chi connectivity index (χ3n) is 3.41. The van der Waals surface area contributed by atoms with Gasteiger partial charge in [-0.2, -0.15) is 0 Å². The van der Waals surface area contributed by atoms with Gasteiger partial charge in [-0.05, 0) is 26.2 Å². The van der Waals surface area contributed by atoms with Crippen LogP contribution in [0.15, 0.2) is 24.3 Å². The Kier molecular flexibility index (Phi) is 4.01. The van der Waals surface area contributed by atoms with Crippen molar-refractivity contribution in [1.82, 2.24) is 4.90 Å². The molecule has 2 atom stereocenters. The maximum atomic E-state index is 11.8. The highest BCUT2D eigenvalue weighted by molar-refractivity contribution is 7.91. The second-order valence-electron chi connectivity index (χ2n) is 5.09. The van der Waals surface area contributed by atoms with Gasteiger partial charge in [-0.25, -0.2) is 8.42 Å². The van der Waals surface area contributed by atoms with Crippen molar-refractivity contribution in [3.8, 4) is 5.75 Å². The summed E-state index contributed by atoms with van der Waals surface area (Å²) in [7, 11) is 2.47. The number of nitrogens with one attached hydrogen (secondary N) is 1. The zero-order chi connectivity index (χ0) is 14.0. The molecule has 1 aliphatic heterocycles. The predicted molar refractivity (Wildman–Crippen MR) is 76.5 cm³/mol. The number of anilines is 1. The molecule has 0 bridgehead atoms. The van der Waals surface area contributed by atoms with Gasteiger partial charge in [0.1, 0.15) is 5.75 Å². The second-order valence-corrected chi connectivity index (χ2v) is 7.24. The summed E-state index contributed by atoms with van der Waals surface area (Å²) in [5.41, 5.74) is 0.883. The van der Waals surface area contributed by atoms with Gasteiger partial charge in [0.05, 0.1) is 24.7 Å². The minimum absolute atomic E-state index is 0.00352. The van der Waals surface area contributed by atoms with Gasteiger partial charge in [-0.3, -0.25) is 0 Å². The largest absolute Gasteiger partial charge is 0.497 e. The van der Waals surface area contributed by atoms with E-state index in [1.54, 1.807) is 7.11 Å². The van der Waals surface area contributed by atoms with E-state index in [0.717, 1.165) is 11.4 Å². The first-order valence-electron chi connectivity index (χ1n) is 6.19. The maximum absolute atomic E-state index is 11.8. The van der Waals surface area contributed by atoms with E-state index in [9.17, 15) is 8.42 Å². The standard InChI is InChI=1S/C13H20N2O3S/c1-15(2)13-9-19(16,17)8-12(13)14-10-5-4-6-11(7-10)18-3/h4-7,12-14H,8-9H2,1-3H3. The minimum atomic E-state index is -2.96. The molecule has 19 heavy (non-hydrogen) atoms. The molecule has 1 heterocycles. The van der Waals surface area contributed by atoms with Crippen LogP contribution in [-0.4, -0.2) is 58.1 Å². The topological polar surface area (TPSA) is 58.6 Å². The first-order valence-corrected chi connectivity index (χ1v) is 8.01. The van der Waals surface area contributed by atoms with Crippen LogP contribution in [0.1, 0.15) is 0 Å². The lowest BCUT2D eigenvalue weighted by Crippen LogP contribution is -2.42. The third kappa shape index (κ3) is 3.39. The highest BCUT2D eigenvalue weighted by atomic mass is 32.2. The number of methoxy groups -OCH3 is 1. The number of likely N-dealkylation sites (N-methyl/N-ethyl adjacent to an activating group) is 1. The van der Waals surface area contributed by atoms with Crippen molar-refractivity contribution in [2.75, 3.05) is 38.0 Å². The number of rotatable bonds is 4. The van der Waals surface area contributed by atoms with Crippen molar-refractivity contribution in [2.24, 2.45) is 0 Å². The Hall–Kier alpha value is -1.27. The molecule has 5 nitrogen and oxygen atoms in total. The van der Waals surface area contributed by atoms with E-state index < -0.39 is 9.84 Å². The monoisotopic (exact) mass is 284 g/mol. The van der Waals surface area contributed by atoms with Gasteiger partial charge in [-0.15, -0.1) is 0 Å². The van der Waals surface area contributed by atoms with Gasteiger partial charge in [0.15, 0.2) is 9.84 Å². The molecule has 2 unspecified atom stereocenters. The Bertz CT molecular complexity index is 543. The Morgan fingerprint density at radius 3 is 2.68 bits per heavy atom. The summed E-state index contributed by atoms with van der Waals surface area (Å²) < 4.78 is 28.7. The molecule has 0 amide bonds. The van der Waals surface area contributed by atoms with Crippen molar-refractivity contribution in [1.29, 1.82) is 0 Å². The van der Waals surface area contributed by atoms with Crippen molar-refractivity contribution in [3.63, 3.8) is 0 Å². The average molecular weight is 284 g/mol. The van der Waals surface area contributed by atoms with Crippen molar-refractivity contribution in [2.45, 2.75) is 12.1 Å². The Morgan fingerprint density at radius 2 is 2.05 bits per heavy atom. The molecule has 0 aromatic heterocycles. The van der Waals surface area contributed by atoms with E-state index in [-0.39, 0.29) is 23.6 Å². The van der Waals surface area contributed by atoms with Gasteiger partial charge in [-0.1, -0.05) is 6.07 Å². The Morgan fingerprint density at radius 1 is 1.32 bits per heavy atom. The van der Waals surface area contributed by atoms with Gasteiger partial charge in [0.25, 0.3) is 0 Å². The maximum Gasteiger partial charge on any atom is 0.153 e. The van der Waals surface area contributed by atoms with Crippen LogP contribution in [-0.2, 0) is 9.84 Å². The summed E-state index contributed by atoms with van der Waals surface area (Å²) >= 11 is 0. The van der Waals surface area contributed by atoms with E-state index >= 15 is 0 Å². The molecule has 1 aliphatic rings. The van der Waals surface area contributed by atoms with Gasteiger partial charge in [0, 0.05) is 17.8 Å². The van der Waals surface area contributed by atoms with E-state index in [4.69, 9.17) is 4.74 Å². The molecule has 0 aliphatic carbocycles. The van der Waals surface area contributed by atoms with Crippen LogP contribution >= 0.6 is 0 Å². The summed E-state index contributed by atoms with van der Waals surface area (Å²) in [5, 5.41) is 3.30. The van der Waals surface area contributed by atoms with Crippen molar-refractivity contribution < 1.29 is 13.2 Å². The number of ether oxygens (including phenoxy) is 1. The Labute approximate surface area is 114 Å². The zero-order valence-corrected chi connectivity index (χ0v) is 12.3. The summed E-state index contributed by atoms with van der Waals surface area (Å²) in [6, 6.07) is 7.44. The predicted octanol–water partition coefficient (Wildman–Crippen LogP) is 0.834. The van der Waals surface area contributed by atoms with Crippen LogP contribution < -0.4 is 10.1 Å².